The van der Waals surface area contributed by atoms with Crippen molar-refractivity contribution in [1.29, 1.82) is 0 Å². The van der Waals surface area contributed by atoms with Gasteiger partial charge in [0.1, 0.15) is 12.4 Å². The van der Waals surface area contributed by atoms with Gasteiger partial charge in [-0.3, -0.25) is 0 Å². The molecule has 96 valence electrons. The molecule has 0 aromatic carbocycles. The lowest BCUT2D eigenvalue weighted by Crippen LogP contribution is -2.05. The Morgan fingerprint density at radius 3 is 2.82 bits per heavy atom. The third-order valence-electron chi connectivity index (χ3n) is 2.59. The van der Waals surface area contributed by atoms with Crippen LogP contribution in [0.4, 0.5) is 0 Å². The third kappa shape index (κ3) is 4.23. The SMILES string of the molecule is CCCC(C)COCc1cc(C)c(C(=O)O)o1. The number of aryl methyl sites for hydroxylation is 1. The molecule has 1 heterocycles. The van der Waals surface area contributed by atoms with Gasteiger partial charge in [-0.15, -0.1) is 0 Å². The maximum absolute atomic E-state index is 10.8. The Morgan fingerprint density at radius 2 is 2.29 bits per heavy atom. The molecule has 1 unspecified atom stereocenters. The van der Waals surface area contributed by atoms with Crippen molar-refractivity contribution >= 4 is 5.97 Å². The highest BCUT2D eigenvalue weighted by molar-refractivity contribution is 5.86. The van der Waals surface area contributed by atoms with Gasteiger partial charge in [-0.2, -0.15) is 0 Å². The second kappa shape index (κ2) is 6.45. The Labute approximate surface area is 102 Å². The van der Waals surface area contributed by atoms with Crippen LogP contribution >= 0.6 is 0 Å². The highest BCUT2D eigenvalue weighted by atomic mass is 16.5. The van der Waals surface area contributed by atoms with Gasteiger partial charge in [-0.1, -0.05) is 20.3 Å². The van der Waals surface area contributed by atoms with Crippen LogP contribution in [-0.2, 0) is 11.3 Å². The lowest BCUT2D eigenvalue weighted by atomic mass is 10.1. The van der Waals surface area contributed by atoms with Gasteiger partial charge in [0.2, 0.25) is 5.76 Å². The van der Waals surface area contributed by atoms with Crippen LogP contribution in [-0.4, -0.2) is 17.7 Å². The van der Waals surface area contributed by atoms with Gasteiger partial charge in [-0.05, 0) is 25.3 Å². The lowest BCUT2D eigenvalue weighted by Gasteiger charge is -2.09. The van der Waals surface area contributed by atoms with Crippen molar-refractivity contribution in [3.63, 3.8) is 0 Å². The standard InChI is InChI=1S/C13H20O4/c1-4-5-9(2)7-16-8-11-6-10(3)12(17-11)13(14)15/h6,9H,4-5,7-8H2,1-3H3,(H,14,15). The summed E-state index contributed by atoms with van der Waals surface area (Å²) in [4.78, 5) is 10.8. The van der Waals surface area contributed by atoms with Crippen LogP contribution in [0.25, 0.3) is 0 Å². The van der Waals surface area contributed by atoms with E-state index < -0.39 is 5.97 Å². The molecule has 0 amide bonds. The second-order valence-electron chi connectivity index (χ2n) is 4.44. The van der Waals surface area contributed by atoms with Crippen LogP contribution in [0.15, 0.2) is 10.5 Å². The van der Waals surface area contributed by atoms with Crippen molar-refractivity contribution < 1.29 is 19.1 Å². The molecule has 1 N–H and O–H groups in total. The molecule has 0 bridgehead atoms. The molecule has 1 aromatic heterocycles. The summed E-state index contributed by atoms with van der Waals surface area (Å²) >= 11 is 0. The van der Waals surface area contributed by atoms with E-state index in [-0.39, 0.29) is 5.76 Å². The first kappa shape index (κ1) is 13.8. The second-order valence-corrected chi connectivity index (χ2v) is 4.44. The van der Waals surface area contributed by atoms with Gasteiger partial charge in [-0.25, -0.2) is 4.79 Å². The van der Waals surface area contributed by atoms with E-state index in [1.54, 1.807) is 13.0 Å². The summed E-state index contributed by atoms with van der Waals surface area (Å²) in [6, 6.07) is 1.72. The van der Waals surface area contributed by atoms with Crippen molar-refractivity contribution in [2.45, 2.75) is 40.2 Å². The van der Waals surface area contributed by atoms with Crippen LogP contribution in [0.2, 0.25) is 0 Å². The zero-order valence-corrected chi connectivity index (χ0v) is 10.7. The minimum atomic E-state index is -1.03. The van der Waals surface area contributed by atoms with E-state index in [0.29, 0.717) is 30.5 Å². The average molecular weight is 240 g/mol. The number of hydrogen-bond acceptors (Lipinski definition) is 3. The Hall–Kier alpha value is -1.29. The predicted octanol–water partition coefficient (Wildman–Crippen LogP) is 3.24. The quantitative estimate of drug-likeness (QED) is 0.794. The van der Waals surface area contributed by atoms with E-state index >= 15 is 0 Å². The van der Waals surface area contributed by atoms with Crippen LogP contribution in [0, 0.1) is 12.8 Å². The molecule has 0 spiro atoms. The van der Waals surface area contributed by atoms with Crippen molar-refractivity contribution in [2.24, 2.45) is 5.92 Å². The van der Waals surface area contributed by atoms with Gasteiger partial charge in [0, 0.05) is 12.2 Å². The molecule has 0 radical (unpaired) electrons. The number of ether oxygens (including phenoxy) is 1. The number of carbonyl (C=O) groups is 1. The fourth-order valence-corrected chi connectivity index (χ4v) is 1.77. The van der Waals surface area contributed by atoms with Crippen molar-refractivity contribution in [2.75, 3.05) is 6.61 Å². The molecule has 0 aliphatic heterocycles. The summed E-state index contributed by atoms with van der Waals surface area (Å²) in [7, 11) is 0. The first-order chi connectivity index (χ1) is 8.04. The number of hydrogen-bond donors (Lipinski definition) is 1. The van der Waals surface area contributed by atoms with E-state index in [1.165, 1.54) is 0 Å². The topological polar surface area (TPSA) is 59.7 Å². The molecule has 0 aliphatic rings. The van der Waals surface area contributed by atoms with E-state index in [2.05, 4.69) is 13.8 Å². The Morgan fingerprint density at radius 1 is 1.59 bits per heavy atom. The minimum absolute atomic E-state index is 0.00482. The summed E-state index contributed by atoms with van der Waals surface area (Å²) < 4.78 is 10.7. The molecule has 4 nitrogen and oxygen atoms in total. The van der Waals surface area contributed by atoms with Gasteiger partial charge in [0.15, 0.2) is 0 Å². The molecule has 1 atom stereocenters. The maximum atomic E-state index is 10.8. The van der Waals surface area contributed by atoms with Crippen LogP contribution in [0.3, 0.4) is 0 Å². The van der Waals surface area contributed by atoms with Gasteiger partial charge < -0.3 is 14.3 Å². The van der Waals surface area contributed by atoms with Crippen molar-refractivity contribution in [1.82, 2.24) is 0 Å². The molecule has 0 saturated carbocycles. The minimum Gasteiger partial charge on any atom is -0.475 e. The maximum Gasteiger partial charge on any atom is 0.372 e. The largest absolute Gasteiger partial charge is 0.475 e. The third-order valence-corrected chi connectivity index (χ3v) is 2.59. The molecular weight excluding hydrogens is 220 g/mol. The first-order valence-corrected chi connectivity index (χ1v) is 5.95. The Bertz CT molecular complexity index is 367. The van der Waals surface area contributed by atoms with Gasteiger partial charge in [0.05, 0.1) is 0 Å². The van der Waals surface area contributed by atoms with Crippen LogP contribution in [0.1, 0.15) is 48.6 Å². The molecule has 4 heteroatoms. The highest BCUT2D eigenvalue weighted by Gasteiger charge is 2.14. The van der Waals surface area contributed by atoms with Crippen LogP contribution in [0.5, 0.6) is 0 Å². The number of carboxylic acids is 1. The predicted molar refractivity (Wildman–Crippen MR) is 64.1 cm³/mol. The average Bonchev–Trinajstić information content (AvgIpc) is 2.60. The zero-order chi connectivity index (χ0) is 12.8. The fourth-order valence-electron chi connectivity index (χ4n) is 1.77. The number of rotatable bonds is 7. The smallest absolute Gasteiger partial charge is 0.372 e. The summed E-state index contributed by atoms with van der Waals surface area (Å²) in [5.41, 5.74) is 0.637. The van der Waals surface area contributed by atoms with E-state index in [1.807, 2.05) is 0 Å². The normalized spacial score (nSPS) is 12.6. The Balaban J connectivity index is 2.42. The number of aromatic carboxylic acids is 1. The number of furan rings is 1. The highest BCUT2D eigenvalue weighted by Crippen LogP contribution is 2.16. The van der Waals surface area contributed by atoms with Gasteiger partial charge in [0.25, 0.3) is 0 Å². The van der Waals surface area contributed by atoms with E-state index in [0.717, 1.165) is 12.8 Å². The monoisotopic (exact) mass is 240 g/mol. The molecule has 1 rings (SSSR count). The molecule has 0 fully saturated rings. The molecule has 17 heavy (non-hydrogen) atoms. The first-order valence-electron chi connectivity index (χ1n) is 5.95. The summed E-state index contributed by atoms with van der Waals surface area (Å²) in [5.74, 6) is 0.0666. The molecular formula is C13H20O4. The summed E-state index contributed by atoms with van der Waals surface area (Å²) in [6.45, 7) is 7.01. The van der Waals surface area contributed by atoms with Crippen molar-refractivity contribution in [3.8, 4) is 0 Å². The summed E-state index contributed by atoms with van der Waals surface area (Å²) in [5, 5.41) is 8.83. The van der Waals surface area contributed by atoms with Crippen LogP contribution < -0.4 is 0 Å². The van der Waals surface area contributed by atoms with E-state index in [4.69, 9.17) is 14.3 Å². The summed E-state index contributed by atoms with van der Waals surface area (Å²) in [6.07, 6.45) is 2.28. The Kier molecular flexibility index (Phi) is 5.22. The van der Waals surface area contributed by atoms with E-state index in [9.17, 15) is 4.79 Å². The molecule has 0 saturated heterocycles. The molecule has 0 aliphatic carbocycles. The zero-order valence-electron chi connectivity index (χ0n) is 10.7. The fraction of sp³-hybridized carbons (Fsp3) is 0.615. The lowest BCUT2D eigenvalue weighted by molar-refractivity contribution is 0.0625. The molecule has 1 aromatic rings. The van der Waals surface area contributed by atoms with Gasteiger partial charge >= 0.3 is 5.97 Å². The number of carboxylic acid groups (broad SMARTS) is 1. The van der Waals surface area contributed by atoms with Crippen molar-refractivity contribution in [3.05, 3.63) is 23.2 Å².